The Hall–Kier alpha value is -2.63. The van der Waals surface area contributed by atoms with Crippen LogP contribution in [0.15, 0.2) is 30.3 Å². The summed E-state index contributed by atoms with van der Waals surface area (Å²) in [6, 6.07) is 9.08. The van der Waals surface area contributed by atoms with E-state index in [4.69, 9.17) is 5.11 Å². The van der Waals surface area contributed by atoms with Gasteiger partial charge in [-0.25, -0.2) is 0 Å². The number of aliphatic carboxylic acids is 1. The zero-order valence-corrected chi connectivity index (χ0v) is 14.5. The lowest BCUT2D eigenvalue weighted by atomic mass is 10.1. The molecule has 0 aliphatic rings. The third kappa shape index (κ3) is 4.22. The van der Waals surface area contributed by atoms with Crippen LogP contribution < -0.4 is 0 Å². The van der Waals surface area contributed by atoms with Crippen molar-refractivity contribution in [3.63, 3.8) is 0 Å². The van der Waals surface area contributed by atoms with E-state index in [1.165, 1.54) is 4.90 Å². The predicted octanol–water partition coefficient (Wildman–Crippen LogP) is 2.48. The Kier molecular flexibility index (Phi) is 5.39. The zero-order valence-electron chi connectivity index (χ0n) is 14.5. The van der Waals surface area contributed by atoms with E-state index in [1.807, 2.05) is 36.7 Å². The molecule has 0 aliphatic heterocycles. The molecule has 0 bridgehead atoms. The first-order valence-electron chi connectivity index (χ1n) is 7.90. The van der Waals surface area contributed by atoms with Gasteiger partial charge in [-0.05, 0) is 51.5 Å². The summed E-state index contributed by atoms with van der Waals surface area (Å²) in [7, 11) is 0. The Bertz CT molecular complexity index is 750. The lowest BCUT2D eigenvalue weighted by Crippen LogP contribution is -2.40. The van der Waals surface area contributed by atoms with Gasteiger partial charge in [-0.3, -0.25) is 14.3 Å². The number of aryl methyl sites for hydroxylation is 2. The second kappa shape index (κ2) is 7.29. The van der Waals surface area contributed by atoms with Gasteiger partial charge in [0.1, 0.15) is 6.54 Å². The summed E-state index contributed by atoms with van der Waals surface area (Å²) in [6.45, 7) is 7.80. The molecule has 2 rings (SSSR count). The number of hydrogen-bond acceptors (Lipinski definition) is 3. The Labute approximate surface area is 141 Å². The number of rotatable bonds is 6. The second-order valence-electron chi connectivity index (χ2n) is 6.21. The lowest BCUT2D eigenvalue weighted by Gasteiger charge is -2.25. The van der Waals surface area contributed by atoms with Crippen molar-refractivity contribution in [1.29, 1.82) is 0 Å². The Balaban J connectivity index is 2.24. The molecule has 0 spiro atoms. The van der Waals surface area contributed by atoms with Gasteiger partial charge in [0.25, 0.3) is 5.91 Å². The fraction of sp³-hybridized carbons (Fsp3) is 0.389. The molecule has 1 heterocycles. The van der Waals surface area contributed by atoms with E-state index in [-0.39, 0.29) is 18.5 Å². The number of amides is 1. The standard InChI is InChI=1S/C18H23N3O3/c1-12(2)20(11-17(22)23)18(24)16-7-5-6-15(9-16)10-21-14(4)8-13(3)19-21/h5-9,12H,10-11H2,1-4H3,(H,22,23). The van der Waals surface area contributed by atoms with Crippen molar-refractivity contribution < 1.29 is 14.7 Å². The van der Waals surface area contributed by atoms with Crippen molar-refractivity contribution in [3.05, 3.63) is 52.8 Å². The van der Waals surface area contributed by atoms with E-state index >= 15 is 0 Å². The number of carboxylic acid groups (broad SMARTS) is 1. The van der Waals surface area contributed by atoms with Gasteiger partial charge in [-0.2, -0.15) is 5.10 Å². The average molecular weight is 329 g/mol. The SMILES string of the molecule is Cc1cc(C)n(Cc2cccc(C(=O)N(CC(=O)O)C(C)C)c2)n1. The maximum atomic E-state index is 12.6. The first-order chi connectivity index (χ1) is 11.3. The summed E-state index contributed by atoms with van der Waals surface area (Å²) < 4.78 is 1.89. The summed E-state index contributed by atoms with van der Waals surface area (Å²) in [6.07, 6.45) is 0. The molecule has 0 saturated carbocycles. The Morgan fingerprint density at radius 2 is 1.96 bits per heavy atom. The second-order valence-corrected chi connectivity index (χ2v) is 6.21. The number of nitrogens with zero attached hydrogens (tertiary/aromatic N) is 3. The molecular formula is C18H23N3O3. The van der Waals surface area contributed by atoms with Crippen molar-refractivity contribution in [2.24, 2.45) is 0 Å². The zero-order chi connectivity index (χ0) is 17.9. The van der Waals surface area contributed by atoms with Crippen LogP contribution in [-0.4, -0.2) is 44.3 Å². The van der Waals surface area contributed by atoms with Crippen LogP contribution in [0, 0.1) is 13.8 Å². The molecule has 0 radical (unpaired) electrons. The van der Waals surface area contributed by atoms with Crippen molar-refractivity contribution >= 4 is 11.9 Å². The Morgan fingerprint density at radius 1 is 1.25 bits per heavy atom. The van der Waals surface area contributed by atoms with Gasteiger partial charge in [0.2, 0.25) is 0 Å². The fourth-order valence-corrected chi connectivity index (χ4v) is 2.61. The summed E-state index contributed by atoms with van der Waals surface area (Å²) >= 11 is 0. The number of carbonyl (C=O) groups excluding carboxylic acids is 1. The van der Waals surface area contributed by atoms with Crippen LogP contribution in [0.4, 0.5) is 0 Å². The smallest absolute Gasteiger partial charge is 0.323 e. The highest BCUT2D eigenvalue weighted by molar-refractivity contribution is 5.96. The molecule has 0 aliphatic carbocycles. The minimum Gasteiger partial charge on any atom is -0.480 e. The van der Waals surface area contributed by atoms with Gasteiger partial charge in [-0.1, -0.05) is 12.1 Å². The quantitative estimate of drug-likeness (QED) is 0.883. The number of hydrogen-bond donors (Lipinski definition) is 1. The third-order valence-electron chi connectivity index (χ3n) is 3.80. The highest BCUT2D eigenvalue weighted by Gasteiger charge is 2.21. The molecule has 6 nitrogen and oxygen atoms in total. The van der Waals surface area contributed by atoms with E-state index < -0.39 is 5.97 Å². The van der Waals surface area contributed by atoms with Gasteiger partial charge >= 0.3 is 5.97 Å². The lowest BCUT2D eigenvalue weighted by molar-refractivity contribution is -0.138. The largest absolute Gasteiger partial charge is 0.480 e. The van der Waals surface area contributed by atoms with Crippen molar-refractivity contribution in [3.8, 4) is 0 Å². The summed E-state index contributed by atoms with van der Waals surface area (Å²) in [5.74, 6) is -1.29. The molecule has 128 valence electrons. The van der Waals surface area contributed by atoms with Crippen LogP contribution in [0.1, 0.15) is 41.2 Å². The highest BCUT2D eigenvalue weighted by atomic mass is 16.4. The molecule has 1 aromatic carbocycles. The van der Waals surface area contributed by atoms with Crippen molar-refractivity contribution in [2.75, 3.05) is 6.54 Å². The molecule has 24 heavy (non-hydrogen) atoms. The molecule has 0 fully saturated rings. The minimum atomic E-state index is -1.02. The van der Waals surface area contributed by atoms with Crippen LogP contribution in [0.25, 0.3) is 0 Å². The summed E-state index contributed by atoms with van der Waals surface area (Å²) in [5, 5.41) is 13.4. The van der Waals surface area contributed by atoms with Crippen LogP contribution >= 0.6 is 0 Å². The molecule has 6 heteroatoms. The van der Waals surface area contributed by atoms with Crippen molar-refractivity contribution in [2.45, 2.75) is 40.3 Å². The van der Waals surface area contributed by atoms with Gasteiger partial charge in [-0.15, -0.1) is 0 Å². The van der Waals surface area contributed by atoms with Crippen LogP contribution in [-0.2, 0) is 11.3 Å². The van der Waals surface area contributed by atoms with Gasteiger partial charge in [0, 0.05) is 17.3 Å². The monoisotopic (exact) mass is 329 g/mol. The van der Waals surface area contributed by atoms with Crippen LogP contribution in [0.2, 0.25) is 0 Å². The molecule has 0 unspecified atom stereocenters. The normalized spacial score (nSPS) is 10.9. The third-order valence-corrected chi connectivity index (χ3v) is 3.80. The van der Waals surface area contributed by atoms with E-state index in [2.05, 4.69) is 5.10 Å². The topological polar surface area (TPSA) is 75.4 Å². The summed E-state index contributed by atoms with van der Waals surface area (Å²) in [4.78, 5) is 25.0. The summed E-state index contributed by atoms with van der Waals surface area (Å²) in [5.41, 5.74) is 3.45. The predicted molar refractivity (Wildman–Crippen MR) is 91.1 cm³/mol. The molecule has 2 aromatic rings. The number of aromatic nitrogens is 2. The van der Waals surface area contributed by atoms with E-state index in [1.54, 1.807) is 26.0 Å². The molecular weight excluding hydrogens is 306 g/mol. The number of carbonyl (C=O) groups is 2. The Morgan fingerprint density at radius 3 is 2.50 bits per heavy atom. The first-order valence-corrected chi connectivity index (χ1v) is 7.90. The molecule has 1 N–H and O–H groups in total. The maximum Gasteiger partial charge on any atom is 0.323 e. The molecule has 1 aromatic heterocycles. The number of benzene rings is 1. The van der Waals surface area contributed by atoms with Gasteiger partial charge < -0.3 is 10.0 Å². The van der Waals surface area contributed by atoms with E-state index in [9.17, 15) is 9.59 Å². The first kappa shape index (κ1) is 17.7. The molecule has 1 amide bonds. The van der Waals surface area contributed by atoms with E-state index in [0.29, 0.717) is 12.1 Å². The van der Waals surface area contributed by atoms with Gasteiger partial charge in [0.15, 0.2) is 0 Å². The molecule has 0 atom stereocenters. The number of carboxylic acids is 1. The fourth-order valence-electron chi connectivity index (χ4n) is 2.61. The maximum absolute atomic E-state index is 12.6. The van der Waals surface area contributed by atoms with Crippen LogP contribution in [0.3, 0.4) is 0 Å². The van der Waals surface area contributed by atoms with Crippen LogP contribution in [0.5, 0.6) is 0 Å². The molecule has 0 saturated heterocycles. The minimum absolute atomic E-state index is 0.187. The van der Waals surface area contributed by atoms with E-state index in [0.717, 1.165) is 17.0 Å². The average Bonchev–Trinajstić information content (AvgIpc) is 2.81. The van der Waals surface area contributed by atoms with Gasteiger partial charge in [0.05, 0.1) is 12.2 Å². The van der Waals surface area contributed by atoms with Crippen molar-refractivity contribution in [1.82, 2.24) is 14.7 Å². The highest BCUT2D eigenvalue weighted by Crippen LogP contribution is 2.13.